The highest BCUT2D eigenvalue weighted by Crippen LogP contribution is 2.33. The van der Waals surface area contributed by atoms with Gasteiger partial charge in [-0.2, -0.15) is 0 Å². The van der Waals surface area contributed by atoms with Gasteiger partial charge in [-0.15, -0.1) is 0 Å². The fraction of sp³-hybridized carbons (Fsp3) is 0.333. The Labute approximate surface area is 134 Å². The fourth-order valence-electron chi connectivity index (χ4n) is 3.12. The maximum absolute atomic E-state index is 9.64. The van der Waals surface area contributed by atoms with E-state index in [0.717, 1.165) is 17.3 Å². The maximum Gasteiger partial charge on any atom is 0.115 e. The highest BCUT2D eigenvalue weighted by Gasteiger charge is 2.22. The van der Waals surface area contributed by atoms with E-state index >= 15 is 0 Å². The summed E-state index contributed by atoms with van der Waals surface area (Å²) >= 11 is 3.48. The molecule has 2 aromatic carbocycles. The second-order valence-electron chi connectivity index (χ2n) is 5.77. The Morgan fingerprint density at radius 3 is 2.71 bits per heavy atom. The van der Waals surface area contributed by atoms with Gasteiger partial charge in [0, 0.05) is 16.6 Å². The average Bonchev–Trinajstić information content (AvgIpc) is 2.47. The van der Waals surface area contributed by atoms with Crippen molar-refractivity contribution in [3.05, 3.63) is 63.6 Å². The summed E-state index contributed by atoms with van der Waals surface area (Å²) in [5.41, 5.74) is 3.91. The van der Waals surface area contributed by atoms with Gasteiger partial charge < -0.3 is 10.4 Å². The van der Waals surface area contributed by atoms with Crippen molar-refractivity contribution in [2.75, 3.05) is 0 Å². The second-order valence-corrected chi connectivity index (χ2v) is 6.68. The number of fused-ring (bicyclic) bond motifs is 1. The van der Waals surface area contributed by atoms with Crippen LogP contribution >= 0.6 is 15.9 Å². The zero-order valence-corrected chi connectivity index (χ0v) is 13.7. The number of hydrogen-bond acceptors (Lipinski definition) is 2. The first-order valence-corrected chi connectivity index (χ1v) is 8.26. The Balaban J connectivity index is 1.78. The maximum atomic E-state index is 9.64. The van der Waals surface area contributed by atoms with Crippen molar-refractivity contribution in [2.24, 2.45) is 0 Å². The van der Waals surface area contributed by atoms with Gasteiger partial charge >= 0.3 is 0 Å². The topological polar surface area (TPSA) is 32.3 Å². The van der Waals surface area contributed by atoms with Crippen LogP contribution in [0.2, 0.25) is 0 Å². The molecule has 0 amide bonds. The molecule has 3 rings (SSSR count). The van der Waals surface area contributed by atoms with Crippen LogP contribution in [-0.4, -0.2) is 5.11 Å². The predicted octanol–water partition coefficient (Wildman–Crippen LogP) is 4.88. The standard InChI is InChI=1S/C18H20BrNO/c1-12(13-5-7-15(19)8-6-13)20-18-4-2-3-14-11-16(21)9-10-17(14)18/h5-12,18,20-21H,2-4H2,1H3/t12-,18?/m1/s1. The van der Waals surface area contributed by atoms with E-state index in [1.165, 1.54) is 23.1 Å². The van der Waals surface area contributed by atoms with E-state index in [0.29, 0.717) is 17.8 Å². The minimum atomic E-state index is 0.308. The number of phenols is 1. The molecule has 0 saturated heterocycles. The SMILES string of the molecule is C[C@@H](NC1CCCc2cc(O)ccc21)c1ccc(Br)cc1. The first-order chi connectivity index (χ1) is 10.1. The lowest BCUT2D eigenvalue weighted by Crippen LogP contribution is -2.27. The molecule has 0 aliphatic heterocycles. The van der Waals surface area contributed by atoms with Gasteiger partial charge in [-0.25, -0.2) is 0 Å². The zero-order valence-electron chi connectivity index (χ0n) is 12.1. The van der Waals surface area contributed by atoms with E-state index < -0.39 is 0 Å². The monoisotopic (exact) mass is 345 g/mol. The zero-order chi connectivity index (χ0) is 14.8. The van der Waals surface area contributed by atoms with Crippen LogP contribution < -0.4 is 5.32 Å². The number of aromatic hydroxyl groups is 1. The van der Waals surface area contributed by atoms with Crippen LogP contribution in [-0.2, 0) is 6.42 Å². The molecule has 110 valence electrons. The molecule has 21 heavy (non-hydrogen) atoms. The number of halogens is 1. The fourth-order valence-corrected chi connectivity index (χ4v) is 3.39. The molecule has 1 unspecified atom stereocenters. The summed E-state index contributed by atoms with van der Waals surface area (Å²) < 4.78 is 1.11. The van der Waals surface area contributed by atoms with Gasteiger partial charge in [-0.05, 0) is 67.1 Å². The quantitative estimate of drug-likeness (QED) is 0.830. The highest BCUT2D eigenvalue weighted by atomic mass is 79.9. The summed E-state index contributed by atoms with van der Waals surface area (Å²) in [6.45, 7) is 2.21. The first kappa shape index (κ1) is 14.6. The molecule has 0 aromatic heterocycles. The number of nitrogens with one attached hydrogen (secondary N) is 1. The van der Waals surface area contributed by atoms with E-state index in [1.807, 2.05) is 6.07 Å². The van der Waals surface area contributed by atoms with E-state index in [9.17, 15) is 5.11 Å². The molecule has 1 aliphatic rings. The lowest BCUT2D eigenvalue weighted by Gasteiger charge is -2.29. The van der Waals surface area contributed by atoms with Crippen LogP contribution in [0.25, 0.3) is 0 Å². The lowest BCUT2D eigenvalue weighted by molar-refractivity contribution is 0.412. The van der Waals surface area contributed by atoms with Crippen molar-refractivity contribution in [3.8, 4) is 5.75 Å². The van der Waals surface area contributed by atoms with Crippen LogP contribution in [0.5, 0.6) is 5.75 Å². The Morgan fingerprint density at radius 2 is 1.95 bits per heavy atom. The molecule has 0 fully saturated rings. The Hall–Kier alpha value is -1.32. The van der Waals surface area contributed by atoms with Crippen LogP contribution in [0.4, 0.5) is 0 Å². The predicted molar refractivity (Wildman–Crippen MR) is 89.5 cm³/mol. The van der Waals surface area contributed by atoms with E-state index in [2.05, 4.69) is 58.5 Å². The normalized spacial score (nSPS) is 19.0. The molecule has 2 atom stereocenters. The van der Waals surface area contributed by atoms with Crippen molar-refractivity contribution in [1.29, 1.82) is 0 Å². The third-order valence-electron chi connectivity index (χ3n) is 4.26. The Kier molecular flexibility index (Phi) is 4.32. The summed E-state index contributed by atoms with van der Waals surface area (Å²) in [4.78, 5) is 0. The first-order valence-electron chi connectivity index (χ1n) is 7.47. The number of phenolic OH excluding ortho intramolecular Hbond substituents is 1. The van der Waals surface area contributed by atoms with Crippen molar-refractivity contribution < 1.29 is 5.11 Å². The van der Waals surface area contributed by atoms with Crippen molar-refractivity contribution in [3.63, 3.8) is 0 Å². The summed E-state index contributed by atoms with van der Waals surface area (Å²) in [5, 5.41) is 13.4. The van der Waals surface area contributed by atoms with Gasteiger partial charge in [0.25, 0.3) is 0 Å². The molecule has 2 N–H and O–H groups in total. The number of hydrogen-bond donors (Lipinski definition) is 2. The molecule has 0 radical (unpaired) electrons. The van der Waals surface area contributed by atoms with E-state index in [-0.39, 0.29) is 0 Å². The summed E-state index contributed by atoms with van der Waals surface area (Å²) in [6.07, 6.45) is 3.38. The summed E-state index contributed by atoms with van der Waals surface area (Å²) in [6, 6.07) is 14.9. The minimum absolute atomic E-state index is 0.308. The number of rotatable bonds is 3. The molecule has 1 aliphatic carbocycles. The molecular weight excluding hydrogens is 326 g/mol. The molecule has 0 heterocycles. The van der Waals surface area contributed by atoms with Crippen LogP contribution in [0, 0.1) is 0 Å². The second kappa shape index (κ2) is 6.20. The molecular formula is C18H20BrNO. The molecule has 0 spiro atoms. The third-order valence-corrected chi connectivity index (χ3v) is 4.79. The van der Waals surface area contributed by atoms with Gasteiger partial charge in [0.15, 0.2) is 0 Å². The smallest absolute Gasteiger partial charge is 0.115 e. The van der Waals surface area contributed by atoms with Crippen molar-refractivity contribution in [1.82, 2.24) is 5.32 Å². The lowest BCUT2D eigenvalue weighted by atomic mass is 9.87. The van der Waals surface area contributed by atoms with Gasteiger partial charge in [-0.1, -0.05) is 34.1 Å². The van der Waals surface area contributed by atoms with Gasteiger partial charge in [0.05, 0.1) is 0 Å². The van der Waals surface area contributed by atoms with Gasteiger partial charge in [0.2, 0.25) is 0 Å². The summed E-state index contributed by atoms with van der Waals surface area (Å²) in [7, 11) is 0. The average molecular weight is 346 g/mol. The minimum Gasteiger partial charge on any atom is -0.508 e. The summed E-state index contributed by atoms with van der Waals surface area (Å²) in [5.74, 6) is 0.371. The largest absolute Gasteiger partial charge is 0.508 e. The molecule has 0 bridgehead atoms. The molecule has 2 aromatic rings. The molecule has 0 saturated carbocycles. The van der Waals surface area contributed by atoms with Crippen LogP contribution in [0.15, 0.2) is 46.9 Å². The highest BCUT2D eigenvalue weighted by molar-refractivity contribution is 9.10. The van der Waals surface area contributed by atoms with Crippen LogP contribution in [0.3, 0.4) is 0 Å². The van der Waals surface area contributed by atoms with Gasteiger partial charge in [0.1, 0.15) is 5.75 Å². The molecule has 2 nitrogen and oxygen atoms in total. The number of benzene rings is 2. The van der Waals surface area contributed by atoms with Crippen molar-refractivity contribution in [2.45, 2.75) is 38.3 Å². The van der Waals surface area contributed by atoms with Crippen molar-refractivity contribution >= 4 is 15.9 Å². The van der Waals surface area contributed by atoms with E-state index in [1.54, 1.807) is 6.07 Å². The van der Waals surface area contributed by atoms with Gasteiger partial charge in [-0.3, -0.25) is 0 Å². The Bertz CT molecular complexity index is 624. The molecule has 3 heteroatoms. The van der Waals surface area contributed by atoms with Crippen LogP contribution in [0.1, 0.15) is 48.5 Å². The van der Waals surface area contributed by atoms with E-state index in [4.69, 9.17) is 0 Å². The number of aryl methyl sites for hydroxylation is 1. The third kappa shape index (κ3) is 3.30. The Morgan fingerprint density at radius 1 is 1.19 bits per heavy atom.